The molecular formula is C19H24N4O3. The Hall–Kier alpha value is -2.67. The summed E-state index contributed by atoms with van der Waals surface area (Å²) in [5.41, 5.74) is 2.66. The van der Waals surface area contributed by atoms with E-state index >= 15 is 0 Å². The maximum Gasteiger partial charge on any atom is 0.354 e. The molecule has 1 aromatic carbocycles. The number of aromatic carboxylic acids is 1. The topological polar surface area (TPSA) is 78.7 Å². The Morgan fingerprint density at radius 1 is 1.08 bits per heavy atom. The Kier molecular flexibility index (Phi) is 5.68. The van der Waals surface area contributed by atoms with Crippen molar-refractivity contribution in [2.24, 2.45) is 0 Å². The van der Waals surface area contributed by atoms with Crippen molar-refractivity contribution in [2.75, 3.05) is 26.2 Å². The van der Waals surface area contributed by atoms with Gasteiger partial charge < -0.3 is 10.0 Å². The van der Waals surface area contributed by atoms with Crippen LogP contribution in [0, 0.1) is 6.92 Å². The molecule has 1 aromatic heterocycles. The Morgan fingerprint density at radius 3 is 2.42 bits per heavy atom. The molecule has 0 spiro atoms. The number of nitrogens with zero attached hydrogens (tertiary/aromatic N) is 4. The quantitative estimate of drug-likeness (QED) is 0.851. The Bertz CT molecular complexity index is 761. The van der Waals surface area contributed by atoms with E-state index in [1.165, 1.54) is 28.1 Å². The minimum Gasteiger partial charge on any atom is -0.477 e. The van der Waals surface area contributed by atoms with Crippen LogP contribution in [0.5, 0.6) is 0 Å². The van der Waals surface area contributed by atoms with Crippen LogP contribution < -0.4 is 0 Å². The molecule has 0 bridgehead atoms. The molecule has 26 heavy (non-hydrogen) atoms. The lowest BCUT2D eigenvalue weighted by Gasteiger charge is -2.34. The van der Waals surface area contributed by atoms with E-state index in [1.807, 2.05) is 4.90 Å². The molecule has 1 amide bonds. The molecule has 1 fully saturated rings. The van der Waals surface area contributed by atoms with Gasteiger partial charge in [-0.2, -0.15) is 5.10 Å². The fraction of sp³-hybridized carbons (Fsp3) is 0.421. The van der Waals surface area contributed by atoms with E-state index in [0.29, 0.717) is 13.1 Å². The van der Waals surface area contributed by atoms with Crippen molar-refractivity contribution >= 4 is 11.9 Å². The number of carboxylic acid groups (broad SMARTS) is 1. The summed E-state index contributed by atoms with van der Waals surface area (Å²) in [6.45, 7) is 6.38. The molecule has 0 radical (unpaired) electrons. The first kappa shape index (κ1) is 18.1. The third-order valence-electron chi connectivity index (χ3n) is 4.72. The number of piperazine rings is 1. The van der Waals surface area contributed by atoms with Gasteiger partial charge in [-0.25, -0.2) is 4.79 Å². The molecule has 2 heterocycles. The molecule has 3 rings (SSSR count). The van der Waals surface area contributed by atoms with E-state index in [2.05, 4.69) is 41.2 Å². The number of rotatable bonds is 6. The number of carbonyl (C=O) groups is 2. The van der Waals surface area contributed by atoms with Crippen LogP contribution in [-0.4, -0.2) is 62.7 Å². The largest absolute Gasteiger partial charge is 0.477 e. The number of carboxylic acids is 1. The van der Waals surface area contributed by atoms with Crippen molar-refractivity contribution in [1.82, 2.24) is 19.6 Å². The Labute approximate surface area is 152 Å². The zero-order chi connectivity index (χ0) is 18.5. The molecule has 1 N–H and O–H groups in total. The molecule has 0 atom stereocenters. The van der Waals surface area contributed by atoms with Gasteiger partial charge >= 0.3 is 5.97 Å². The number of carbonyl (C=O) groups excluding carboxylic acids is 1. The van der Waals surface area contributed by atoms with Crippen LogP contribution in [0.25, 0.3) is 0 Å². The van der Waals surface area contributed by atoms with Gasteiger partial charge in [-0.3, -0.25) is 14.4 Å². The molecule has 1 aliphatic rings. The van der Waals surface area contributed by atoms with E-state index in [9.17, 15) is 9.59 Å². The zero-order valence-corrected chi connectivity index (χ0v) is 15.0. The lowest BCUT2D eigenvalue weighted by Crippen LogP contribution is -2.48. The summed E-state index contributed by atoms with van der Waals surface area (Å²) in [7, 11) is 0. The minimum absolute atomic E-state index is 0.0480. The van der Waals surface area contributed by atoms with Crippen LogP contribution in [0.15, 0.2) is 36.5 Å². The van der Waals surface area contributed by atoms with E-state index in [1.54, 1.807) is 0 Å². The fourth-order valence-electron chi connectivity index (χ4n) is 3.16. The van der Waals surface area contributed by atoms with Crippen LogP contribution in [0.1, 0.15) is 28.0 Å². The number of hydrogen-bond donors (Lipinski definition) is 1. The summed E-state index contributed by atoms with van der Waals surface area (Å²) in [5, 5.41) is 13.0. The van der Waals surface area contributed by atoms with Crippen LogP contribution in [0.2, 0.25) is 0 Å². The normalized spacial score (nSPS) is 15.2. The molecule has 138 valence electrons. The highest BCUT2D eigenvalue weighted by Crippen LogP contribution is 2.11. The highest BCUT2D eigenvalue weighted by molar-refractivity contribution is 5.85. The standard InChI is InChI=1S/C19H24N4O3/c1-15-2-4-16(5-3-15)14-21-10-12-22(13-11-21)18(24)7-9-23-17(19(25)26)6-8-20-23/h2-6,8H,7,9-14H2,1H3,(H,25,26). The highest BCUT2D eigenvalue weighted by atomic mass is 16.4. The minimum atomic E-state index is -1.03. The number of benzene rings is 1. The number of amides is 1. The van der Waals surface area contributed by atoms with E-state index in [-0.39, 0.29) is 24.6 Å². The van der Waals surface area contributed by atoms with E-state index in [0.717, 1.165) is 19.6 Å². The third kappa shape index (κ3) is 4.49. The summed E-state index contributed by atoms with van der Waals surface area (Å²) in [4.78, 5) is 27.7. The molecule has 2 aromatic rings. The SMILES string of the molecule is Cc1ccc(CN2CCN(C(=O)CCn3nccc3C(=O)O)CC2)cc1. The third-order valence-corrected chi connectivity index (χ3v) is 4.72. The maximum absolute atomic E-state index is 12.4. The summed E-state index contributed by atoms with van der Waals surface area (Å²) in [6.07, 6.45) is 1.71. The summed E-state index contributed by atoms with van der Waals surface area (Å²) >= 11 is 0. The molecule has 7 heteroatoms. The first-order valence-electron chi connectivity index (χ1n) is 8.84. The second-order valence-electron chi connectivity index (χ2n) is 6.64. The summed E-state index contributed by atoms with van der Waals surface area (Å²) < 4.78 is 1.37. The first-order chi connectivity index (χ1) is 12.5. The van der Waals surface area contributed by atoms with Crippen molar-refractivity contribution in [3.8, 4) is 0 Å². The molecule has 1 saturated heterocycles. The molecule has 0 saturated carbocycles. The Morgan fingerprint density at radius 2 is 1.77 bits per heavy atom. The maximum atomic E-state index is 12.4. The van der Waals surface area contributed by atoms with E-state index < -0.39 is 5.97 Å². The van der Waals surface area contributed by atoms with Crippen LogP contribution in [0.4, 0.5) is 0 Å². The average molecular weight is 356 g/mol. The number of hydrogen-bond acceptors (Lipinski definition) is 4. The predicted molar refractivity (Wildman–Crippen MR) is 96.8 cm³/mol. The van der Waals surface area contributed by atoms with Gasteiger partial charge in [0.1, 0.15) is 5.69 Å². The van der Waals surface area contributed by atoms with Gasteiger partial charge in [-0.1, -0.05) is 29.8 Å². The summed E-state index contributed by atoms with van der Waals surface area (Å²) in [6, 6.07) is 9.98. The number of aryl methyl sites for hydroxylation is 2. The lowest BCUT2D eigenvalue weighted by atomic mass is 10.1. The predicted octanol–water partition coefficient (Wildman–Crippen LogP) is 1.62. The fourth-order valence-corrected chi connectivity index (χ4v) is 3.16. The lowest BCUT2D eigenvalue weighted by molar-refractivity contribution is -0.133. The molecular weight excluding hydrogens is 332 g/mol. The van der Waals surface area contributed by atoms with Gasteiger partial charge in [0.25, 0.3) is 0 Å². The smallest absolute Gasteiger partial charge is 0.354 e. The van der Waals surface area contributed by atoms with Crippen molar-refractivity contribution in [3.05, 3.63) is 53.3 Å². The monoisotopic (exact) mass is 356 g/mol. The highest BCUT2D eigenvalue weighted by Gasteiger charge is 2.21. The second kappa shape index (κ2) is 8.14. The van der Waals surface area contributed by atoms with Gasteiger partial charge in [0.05, 0.1) is 6.54 Å². The first-order valence-corrected chi connectivity index (χ1v) is 8.84. The Balaban J connectivity index is 1.45. The zero-order valence-electron chi connectivity index (χ0n) is 15.0. The molecule has 0 unspecified atom stereocenters. The van der Waals surface area contributed by atoms with Gasteiger partial charge in [0.15, 0.2) is 0 Å². The van der Waals surface area contributed by atoms with Crippen molar-refractivity contribution in [1.29, 1.82) is 0 Å². The second-order valence-corrected chi connectivity index (χ2v) is 6.64. The van der Waals surface area contributed by atoms with Gasteiger partial charge in [-0.05, 0) is 18.6 Å². The van der Waals surface area contributed by atoms with Gasteiger partial charge in [0, 0.05) is 45.3 Å². The summed E-state index contributed by atoms with van der Waals surface area (Å²) in [5.74, 6) is -0.980. The van der Waals surface area contributed by atoms with Gasteiger partial charge in [-0.15, -0.1) is 0 Å². The van der Waals surface area contributed by atoms with Crippen LogP contribution >= 0.6 is 0 Å². The van der Waals surface area contributed by atoms with Crippen LogP contribution in [0.3, 0.4) is 0 Å². The van der Waals surface area contributed by atoms with Crippen LogP contribution in [-0.2, 0) is 17.9 Å². The molecule has 0 aliphatic carbocycles. The average Bonchev–Trinajstić information content (AvgIpc) is 3.11. The van der Waals surface area contributed by atoms with Crippen molar-refractivity contribution in [2.45, 2.75) is 26.4 Å². The van der Waals surface area contributed by atoms with Crippen molar-refractivity contribution in [3.63, 3.8) is 0 Å². The van der Waals surface area contributed by atoms with Gasteiger partial charge in [0.2, 0.25) is 5.91 Å². The molecule has 1 aliphatic heterocycles. The number of aromatic nitrogens is 2. The molecule has 7 nitrogen and oxygen atoms in total. The van der Waals surface area contributed by atoms with E-state index in [4.69, 9.17) is 5.11 Å². The van der Waals surface area contributed by atoms with Crippen molar-refractivity contribution < 1.29 is 14.7 Å².